The number of hydrogen-bond acceptors (Lipinski definition) is 8. The first-order valence-corrected chi connectivity index (χ1v) is 12.0. The van der Waals surface area contributed by atoms with Crippen molar-refractivity contribution < 1.29 is 55.7 Å². The Morgan fingerprint density at radius 1 is 1.18 bits per heavy atom. The predicted octanol–water partition coefficient (Wildman–Crippen LogP) is 3.13. The van der Waals surface area contributed by atoms with E-state index in [-0.39, 0.29) is 17.2 Å². The minimum absolute atomic E-state index is 0.167. The molecule has 10 nitrogen and oxygen atoms in total. The van der Waals surface area contributed by atoms with Crippen LogP contribution in [0.4, 0.5) is 26.3 Å². The largest absolute Gasteiger partial charge is 0.490 e. The van der Waals surface area contributed by atoms with E-state index in [1.165, 1.54) is 0 Å². The van der Waals surface area contributed by atoms with Gasteiger partial charge in [0.05, 0.1) is 18.6 Å². The number of thiazole rings is 1. The Morgan fingerprint density at radius 3 is 2.28 bits per heavy atom. The van der Waals surface area contributed by atoms with Crippen LogP contribution >= 0.6 is 11.3 Å². The van der Waals surface area contributed by atoms with Crippen LogP contribution in [0.1, 0.15) is 17.1 Å². The number of carboxylic acids is 2. The lowest BCUT2D eigenvalue weighted by Crippen LogP contribution is -2.40. The molecule has 2 fully saturated rings. The Balaban J connectivity index is 0.000000317. The van der Waals surface area contributed by atoms with Crippen LogP contribution in [0.2, 0.25) is 0 Å². The van der Waals surface area contributed by atoms with Crippen LogP contribution in [0.3, 0.4) is 0 Å². The average Bonchev–Trinajstić information content (AvgIpc) is 3.53. The molecule has 0 unspecified atom stereocenters. The molecule has 1 spiro atoms. The number of aliphatic carboxylic acids is 2. The quantitative estimate of drug-likeness (QED) is 0.451. The SMILES string of the molecule is Cc1csc(CN2CC[C@]3(C2)C(=O)NC[C@H]3COc2ccccn2)n1.O=C(O)C(F)(F)F.O=C(O)C(F)(F)F. The number of rotatable bonds is 5. The van der Waals surface area contributed by atoms with E-state index in [4.69, 9.17) is 24.5 Å². The second-order valence-electron chi connectivity index (χ2n) is 8.49. The molecular formula is C22H24F6N4O6S. The summed E-state index contributed by atoms with van der Waals surface area (Å²) in [4.78, 5) is 41.5. The van der Waals surface area contributed by atoms with E-state index in [1.54, 1.807) is 17.5 Å². The van der Waals surface area contributed by atoms with E-state index in [0.29, 0.717) is 19.0 Å². The predicted molar refractivity (Wildman–Crippen MR) is 123 cm³/mol. The number of aromatic nitrogens is 2. The van der Waals surface area contributed by atoms with Crippen molar-refractivity contribution in [1.29, 1.82) is 0 Å². The number of halogens is 6. The molecule has 2 aliphatic rings. The number of nitrogens with zero attached hydrogens (tertiary/aromatic N) is 3. The van der Waals surface area contributed by atoms with E-state index >= 15 is 0 Å². The smallest absolute Gasteiger partial charge is 0.477 e. The zero-order chi connectivity index (χ0) is 29.4. The maximum atomic E-state index is 12.6. The van der Waals surface area contributed by atoms with Gasteiger partial charge in [-0.25, -0.2) is 19.6 Å². The highest BCUT2D eigenvalue weighted by Gasteiger charge is 2.54. The van der Waals surface area contributed by atoms with Crippen LogP contribution in [-0.4, -0.2) is 81.5 Å². The number of carbonyl (C=O) groups excluding carboxylic acids is 1. The van der Waals surface area contributed by atoms with Crippen molar-refractivity contribution in [2.24, 2.45) is 11.3 Å². The molecule has 2 atom stereocenters. The topological polar surface area (TPSA) is 142 Å². The van der Waals surface area contributed by atoms with Crippen molar-refractivity contribution >= 4 is 29.2 Å². The third kappa shape index (κ3) is 9.35. The maximum Gasteiger partial charge on any atom is 0.490 e. The highest BCUT2D eigenvalue weighted by atomic mass is 32.1. The van der Waals surface area contributed by atoms with Crippen molar-refractivity contribution in [2.75, 3.05) is 26.2 Å². The van der Waals surface area contributed by atoms with Gasteiger partial charge in [0.15, 0.2) is 0 Å². The lowest BCUT2D eigenvalue weighted by atomic mass is 9.77. The van der Waals surface area contributed by atoms with Crippen molar-refractivity contribution in [3.05, 3.63) is 40.5 Å². The number of pyridine rings is 1. The maximum absolute atomic E-state index is 12.6. The number of alkyl halides is 6. The summed E-state index contributed by atoms with van der Waals surface area (Å²) in [6, 6.07) is 5.62. The van der Waals surface area contributed by atoms with Gasteiger partial charge in [-0.05, 0) is 26.0 Å². The molecule has 4 rings (SSSR count). The first kappa shape index (κ1) is 31.7. The zero-order valence-corrected chi connectivity index (χ0v) is 21.1. The van der Waals surface area contributed by atoms with Crippen molar-refractivity contribution in [1.82, 2.24) is 20.2 Å². The van der Waals surface area contributed by atoms with Gasteiger partial charge < -0.3 is 20.3 Å². The molecule has 216 valence electrons. The van der Waals surface area contributed by atoms with Crippen LogP contribution in [0.15, 0.2) is 29.8 Å². The standard InChI is InChI=1S/C18H22N4O2S.2C2HF3O2/c1-13-11-25-16(21-13)9-22-7-5-18(12-22)14(8-20-17(18)23)10-24-15-4-2-3-6-19-15;2*3-2(4,5)1(6)7/h2-4,6,11,14H,5,7-10,12H2,1H3,(H,20,23);2*(H,6,7)/t14-,18+;;/m0../s1. The van der Waals surface area contributed by atoms with Gasteiger partial charge >= 0.3 is 24.3 Å². The first-order valence-electron chi connectivity index (χ1n) is 11.1. The van der Waals surface area contributed by atoms with Crippen molar-refractivity contribution in [3.63, 3.8) is 0 Å². The van der Waals surface area contributed by atoms with Gasteiger partial charge in [0, 0.05) is 42.3 Å². The number of hydrogen-bond donors (Lipinski definition) is 3. The van der Waals surface area contributed by atoms with E-state index in [9.17, 15) is 31.1 Å². The third-order valence-corrected chi connectivity index (χ3v) is 6.65. The lowest BCUT2D eigenvalue weighted by molar-refractivity contribution is -0.193. The Kier molecular flexibility index (Phi) is 10.6. The molecule has 0 aliphatic carbocycles. The summed E-state index contributed by atoms with van der Waals surface area (Å²) < 4.78 is 69.3. The van der Waals surface area contributed by atoms with E-state index in [0.717, 1.165) is 36.8 Å². The summed E-state index contributed by atoms with van der Waals surface area (Å²) in [5.74, 6) is -4.56. The minimum atomic E-state index is -5.08. The molecule has 17 heteroatoms. The van der Waals surface area contributed by atoms with Crippen LogP contribution in [0.25, 0.3) is 0 Å². The third-order valence-electron chi connectivity index (χ3n) is 5.70. The summed E-state index contributed by atoms with van der Waals surface area (Å²) in [6.07, 6.45) is -7.57. The highest BCUT2D eigenvalue weighted by Crippen LogP contribution is 2.42. The monoisotopic (exact) mass is 586 g/mol. The number of nitrogens with one attached hydrogen (secondary N) is 1. The first-order chi connectivity index (χ1) is 18.0. The van der Waals surface area contributed by atoms with Crippen molar-refractivity contribution in [3.8, 4) is 5.88 Å². The van der Waals surface area contributed by atoms with Crippen LogP contribution in [0, 0.1) is 18.3 Å². The molecule has 0 aromatic carbocycles. The Labute approximate surface area is 221 Å². The van der Waals surface area contributed by atoms with E-state index in [1.807, 2.05) is 25.1 Å². The molecule has 1 amide bonds. The Morgan fingerprint density at radius 2 is 1.79 bits per heavy atom. The van der Waals surface area contributed by atoms with Gasteiger partial charge in [-0.1, -0.05) is 6.07 Å². The molecule has 2 aromatic heterocycles. The molecule has 0 saturated carbocycles. The summed E-state index contributed by atoms with van der Waals surface area (Å²) >= 11 is 1.69. The number of carboxylic acid groups (broad SMARTS) is 2. The van der Waals surface area contributed by atoms with Gasteiger partial charge in [0.25, 0.3) is 0 Å². The van der Waals surface area contributed by atoms with Gasteiger partial charge in [0.1, 0.15) is 5.01 Å². The van der Waals surface area contributed by atoms with Gasteiger partial charge in [-0.15, -0.1) is 11.3 Å². The number of ether oxygens (including phenoxy) is 1. The number of carbonyl (C=O) groups is 3. The summed E-state index contributed by atoms with van der Waals surface area (Å²) in [6.45, 7) is 5.72. The fourth-order valence-corrected chi connectivity index (χ4v) is 4.66. The summed E-state index contributed by atoms with van der Waals surface area (Å²) in [7, 11) is 0. The molecule has 2 saturated heterocycles. The molecule has 39 heavy (non-hydrogen) atoms. The molecule has 0 bridgehead atoms. The van der Waals surface area contributed by atoms with Crippen LogP contribution < -0.4 is 10.1 Å². The zero-order valence-electron chi connectivity index (χ0n) is 20.3. The Hall–Kier alpha value is -3.47. The van der Waals surface area contributed by atoms with Gasteiger partial charge in [0.2, 0.25) is 11.8 Å². The Bertz CT molecular complexity index is 1110. The molecule has 2 aliphatic heterocycles. The highest BCUT2D eigenvalue weighted by molar-refractivity contribution is 7.09. The molecule has 3 N–H and O–H groups in total. The van der Waals surface area contributed by atoms with Crippen LogP contribution in [-0.2, 0) is 20.9 Å². The average molecular weight is 587 g/mol. The minimum Gasteiger partial charge on any atom is -0.477 e. The van der Waals surface area contributed by atoms with E-state index < -0.39 is 24.3 Å². The van der Waals surface area contributed by atoms with Crippen LogP contribution in [0.5, 0.6) is 5.88 Å². The summed E-state index contributed by atoms with van der Waals surface area (Å²) in [5.41, 5.74) is 0.718. The van der Waals surface area contributed by atoms with Crippen molar-refractivity contribution in [2.45, 2.75) is 32.2 Å². The number of aryl methyl sites for hydroxylation is 1. The van der Waals surface area contributed by atoms with Gasteiger partial charge in [-0.2, -0.15) is 26.3 Å². The number of likely N-dealkylation sites (tertiary alicyclic amines) is 1. The molecule has 0 radical (unpaired) electrons. The normalized spacial score (nSPS) is 20.9. The molecule has 4 heterocycles. The lowest BCUT2D eigenvalue weighted by Gasteiger charge is -2.28. The fourth-order valence-electron chi connectivity index (χ4n) is 3.84. The molecular weight excluding hydrogens is 562 g/mol. The fraction of sp³-hybridized carbons (Fsp3) is 0.500. The van der Waals surface area contributed by atoms with Gasteiger partial charge in [-0.3, -0.25) is 9.69 Å². The van der Waals surface area contributed by atoms with E-state index in [2.05, 4.69) is 25.6 Å². The second-order valence-corrected chi connectivity index (χ2v) is 9.43. The second kappa shape index (κ2) is 13.1. The summed E-state index contributed by atoms with van der Waals surface area (Å²) in [5, 5.41) is 20.5. The number of amides is 1. The molecule has 2 aromatic rings.